The first kappa shape index (κ1) is 37.8. The molecule has 0 spiro atoms. The van der Waals surface area contributed by atoms with Crippen LogP contribution in [0.15, 0.2) is 66.8 Å². The molecule has 0 radical (unpaired) electrons. The molecule has 44 heavy (non-hydrogen) atoms. The molecule has 1 aromatic rings. The minimum Gasteiger partial charge on any atom is -0.463 e. The lowest BCUT2D eigenvalue weighted by molar-refractivity contribution is -0.147. The Bertz CT molecular complexity index is 1120. The van der Waals surface area contributed by atoms with Crippen molar-refractivity contribution in [1.82, 2.24) is 0 Å². The van der Waals surface area contributed by atoms with Crippen molar-refractivity contribution in [2.24, 2.45) is 11.8 Å². The Balaban J connectivity index is 2.29. The van der Waals surface area contributed by atoms with Gasteiger partial charge in [-0.1, -0.05) is 88.4 Å². The van der Waals surface area contributed by atoms with E-state index < -0.39 is 32.4 Å². The molecule has 4 atom stereocenters. The molecule has 5 nitrogen and oxygen atoms in total. The second-order valence-electron chi connectivity index (χ2n) is 13.5. The number of halogens is 2. The van der Waals surface area contributed by atoms with Gasteiger partial charge < -0.3 is 13.9 Å². The molecule has 0 aliphatic heterocycles. The van der Waals surface area contributed by atoms with E-state index in [2.05, 4.69) is 33.9 Å². The Kier molecular flexibility index (Phi) is 14.9. The van der Waals surface area contributed by atoms with Crippen LogP contribution in [0.4, 0.5) is 8.78 Å². The number of esters is 1. The first-order valence-electron chi connectivity index (χ1n) is 16.0. The van der Waals surface area contributed by atoms with Crippen LogP contribution in [0.3, 0.4) is 0 Å². The van der Waals surface area contributed by atoms with E-state index in [1.54, 1.807) is 6.08 Å². The van der Waals surface area contributed by atoms with Crippen LogP contribution in [0.5, 0.6) is 0 Å². The van der Waals surface area contributed by atoms with Crippen LogP contribution >= 0.6 is 0 Å². The lowest BCUT2D eigenvalue weighted by atomic mass is 9.90. The molecule has 0 heterocycles. The Morgan fingerprint density at radius 3 is 2.39 bits per heavy atom. The van der Waals surface area contributed by atoms with Crippen LogP contribution in [-0.4, -0.2) is 44.3 Å². The minimum atomic E-state index is -3.23. The summed E-state index contributed by atoms with van der Waals surface area (Å²) < 4.78 is 48.5. The number of Topliss-reactive ketones (excluding diaryl/α,β-unsaturated/α-hetero) is 1. The van der Waals surface area contributed by atoms with Crippen LogP contribution in [0.2, 0.25) is 18.1 Å². The highest BCUT2D eigenvalue weighted by atomic mass is 28.4. The van der Waals surface area contributed by atoms with Crippen LogP contribution in [0.1, 0.15) is 85.6 Å². The lowest BCUT2D eigenvalue weighted by Crippen LogP contribution is -2.45. The summed E-state index contributed by atoms with van der Waals surface area (Å²) in [5, 5.41) is -0.0711. The SMILES string of the molecule is CC/C=C/C(F)(F)[C@@H](/C=C/[C@H]1[C@H](O[Si](C)(C)C(C)(C)C)CC(=O)[C@@H]1C/C=C\CCCC(=O)OC(C)C)OCc1ccccc1. The molecule has 2 rings (SSSR count). The van der Waals surface area contributed by atoms with Gasteiger partial charge in [0.25, 0.3) is 5.92 Å². The zero-order valence-corrected chi connectivity index (χ0v) is 29.0. The number of hydrogen-bond acceptors (Lipinski definition) is 5. The smallest absolute Gasteiger partial charge is 0.306 e. The molecule has 0 bridgehead atoms. The third-order valence-electron chi connectivity index (χ3n) is 8.37. The summed E-state index contributed by atoms with van der Waals surface area (Å²) in [6.45, 7) is 16.2. The summed E-state index contributed by atoms with van der Waals surface area (Å²) in [6, 6.07) is 9.25. The second-order valence-corrected chi connectivity index (χ2v) is 18.3. The predicted molar refractivity (Wildman–Crippen MR) is 176 cm³/mol. The van der Waals surface area contributed by atoms with E-state index in [-0.39, 0.29) is 41.8 Å². The Hall–Kier alpha value is -2.42. The predicted octanol–water partition coefficient (Wildman–Crippen LogP) is 9.39. The third kappa shape index (κ3) is 12.2. The molecule has 0 N–H and O–H groups in total. The fraction of sp³-hybridized carbons (Fsp3) is 0.611. The molecule has 0 amide bonds. The van der Waals surface area contributed by atoms with Crippen molar-refractivity contribution < 1.29 is 32.3 Å². The highest BCUT2D eigenvalue weighted by molar-refractivity contribution is 6.74. The third-order valence-corrected chi connectivity index (χ3v) is 12.9. The molecule has 1 aliphatic rings. The Labute approximate surface area is 265 Å². The number of allylic oxidation sites excluding steroid dienone is 3. The molecule has 1 fully saturated rings. The topological polar surface area (TPSA) is 61.8 Å². The van der Waals surface area contributed by atoms with Gasteiger partial charge in [-0.25, -0.2) is 0 Å². The number of rotatable bonds is 17. The largest absolute Gasteiger partial charge is 0.463 e. The molecular weight excluding hydrogens is 578 g/mol. The molecule has 0 unspecified atom stereocenters. The maximum absolute atomic E-state index is 15.4. The zero-order chi connectivity index (χ0) is 33.0. The van der Waals surface area contributed by atoms with Crippen molar-refractivity contribution in [3.05, 3.63) is 72.4 Å². The fourth-order valence-corrected chi connectivity index (χ4v) is 6.23. The lowest BCUT2D eigenvalue weighted by Gasteiger charge is -2.39. The molecular formula is C36H54F2O5Si. The van der Waals surface area contributed by atoms with Crippen LogP contribution in [-0.2, 0) is 30.1 Å². The summed E-state index contributed by atoms with van der Waals surface area (Å²) in [4.78, 5) is 25.2. The summed E-state index contributed by atoms with van der Waals surface area (Å²) in [5.41, 5.74) is 0.803. The maximum atomic E-state index is 15.4. The number of ether oxygens (including phenoxy) is 2. The van der Waals surface area contributed by atoms with Crippen molar-refractivity contribution in [1.29, 1.82) is 0 Å². The number of benzene rings is 1. The molecule has 0 aromatic heterocycles. The number of carbonyl (C=O) groups excluding carboxylic acids is 2. The summed E-state index contributed by atoms with van der Waals surface area (Å²) in [5.74, 6) is -4.13. The van der Waals surface area contributed by atoms with Crippen molar-refractivity contribution in [2.75, 3.05) is 0 Å². The average Bonchev–Trinajstić information content (AvgIpc) is 3.21. The van der Waals surface area contributed by atoms with Crippen LogP contribution in [0.25, 0.3) is 0 Å². The number of ketones is 1. The number of unbranched alkanes of at least 4 members (excludes halogenated alkanes) is 1. The van der Waals surface area contributed by atoms with Gasteiger partial charge in [-0.3, -0.25) is 9.59 Å². The van der Waals surface area contributed by atoms with E-state index in [1.165, 1.54) is 12.2 Å². The van der Waals surface area contributed by atoms with Gasteiger partial charge in [-0.15, -0.1) is 0 Å². The van der Waals surface area contributed by atoms with Gasteiger partial charge in [-0.2, -0.15) is 8.78 Å². The van der Waals surface area contributed by atoms with Crippen molar-refractivity contribution in [2.45, 2.75) is 129 Å². The monoisotopic (exact) mass is 632 g/mol. The quantitative estimate of drug-likeness (QED) is 0.0741. The van der Waals surface area contributed by atoms with Gasteiger partial charge in [0, 0.05) is 24.7 Å². The molecule has 0 saturated heterocycles. The molecule has 8 heteroatoms. The van der Waals surface area contributed by atoms with Gasteiger partial charge in [0.05, 0.1) is 18.8 Å². The van der Waals surface area contributed by atoms with Gasteiger partial charge in [0.2, 0.25) is 0 Å². The van der Waals surface area contributed by atoms with Gasteiger partial charge >= 0.3 is 5.97 Å². The van der Waals surface area contributed by atoms with Gasteiger partial charge in [-0.05, 0) is 69.3 Å². The van der Waals surface area contributed by atoms with Crippen LogP contribution < -0.4 is 0 Å². The molecule has 246 valence electrons. The second kappa shape index (κ2) is 17.3. The van der Waals surface area contributed by atoms with E-state index in [1.807, 2.05) is 63.3 Å². The molecule has 1 aliphatic carbocycles. The van der Waals surface area contributed by atoms with Crippen molar-refractivity contribution >= 4 is 20.1 Å². The summed E-state index contributed by atoms with van der Waals surface area (Å²) in [7, 11) is -2.25. The van der Waals surface area contributed by atoms with E-state index in [0.29, 0.717) is 32.1 Å². The molecule has 1 saturated carbocycles. The number of carbonyl (C=O) groups is 2. The van der Waals surface area contributed by atoms with Crippen molar-refractivity contribution in [3.8, 4) is 0 Å². The zero-order valence-electron chi connectivity index (χ0n) is 28.0. The average molecular weight is 633 g/mol. The number of hydrogen-bond donors (Lipinski definition) is 0. The van der Waals surface area contributed by atoms with Gasteiger partial charge in [0.1, 0.15) is 11.9 Å². The molecule has 1 aromatic carbocycles. The summed E-state index contributed by atoms with van der Waals surface area (Å²) >= 11 is 0. The van der Waals surface area contributed by atoms with E-state index in [0.717, 1.165) is 11.6 Å². The van der Waals surface area contributed by atoms with Gasteiger partial charge in [0.15, 0.2) is 8.32 Å². The van der Waals surface area contributed by atoms with Crippen molar-refractivity contribution in [3.63, 3.8) is 0 Å². The first-order valence-corrected chi connectivity index (χ1v) is 18.9. The van der Waals surface area contributed by atoms with Crippen LogP contribution in [0, 0.1) is 11.8 Å². The highest BCUT2D eigenvalue weighted by Crippen LogP contribution is 2.43. The maximum Gasteiger partial charge on any atom is 0.306 e. The van der Waals surface area contributed by atoms with E-state index in [4.69, 9.17) is 13.9 Å². The van der Waals surface area contributed by atoms with E-state index >= 15 is 8.78 Å². The fourth-order valence-electron chi connectivity index (χ4n) is 4.88. The first-order chi connectivity index (χ1) is 20.6. The number of alkyl halides is 2. The normalized spacial score (nSPS) is 20.9. The highest BCUT2D eigenvalue weighted by Gasteiger charge is 2.47. The summed E-state index contributed by atoms with van der Waals surface area (Å²) in [6.07, 6.45) is 10.3. The Morgan fingerprint density at radius 1 is 1.09 bits per heavy atom. The Morgan fingerprint density at radius 2 is 1.77 bits per heavy atom. The minimum absolute atomic E-state index is 0.0375. The van der Waals surface area contributed by atoms with E-state index in [9.17, 15) is 9.59 Å². The standard InChI is InChI=1S/C36H54F2O5Si/c1-9-10-24-36(37,38)33(41-26-28-18-14-13-15-19-28)23-22-30-29(20-16-11-12-17-21-34(40)42-27(2)3)31(39)25-32(30)43-44(7,8)35(4,5)6/h10-11,13-16,18-19,22-24,27,29-30,32-33H,9,12,17,20-21,25-26H2,1-8H3/b16-11-,23-22+,24-10+/t29-,30-,32-,33-/m1/s1.